The summed E-state index contributed by atoms with van der Waals surface area (Å²) in [7, 11) is -3.17. The van der Waals surface area contributed by atoms with Crippen LogP contribution in [-0.2, 0) is 14.6 Å². The van der Waals surface area contributed by atoms with Crippen molar-refractivity contribution in [1.82, 2.24) is 0 Å². The number of carbonyl (C=O) groups is 1. The molecule has 0 saturated carbocycles. The molecule has 86 valence electrons. The van der Waals surface area contributed by atoms with E-state index < -0.39 is 9.84 Å². The van der Waals surface area contributed by atoms with Crippen LogP contribution in [0.4, 0.5) is 0 Å². The number of ketones is 1. The molecule has 0 radical (unpaired) electrons. The summed E-state index contributed by atoms with van der Waals surface area (Å²) in [6.45, 7) is 1.81. The molecule has 0 bridgehead atoms. The lowest BCUT2D eigenvalue weighted by atomic mass is 9.90. The van der Waals surface area contributed by atoms with Crippen molar-refractivity contribution in [2.45, 2.75) is 30.6 Å². The van der Waals surface area contributed by atoms with Gasteiger partial charge in [0.1, 0.15) is 5.78 Å². The van der Waals surface area contributed by atoms with Crippen LogP contribution in [0.2, 0.25) is 0 Å². The third kappa shape index (κ3) is 1.78. The van der Waals surface area contributed by atoms with Gasteiger partial charge in [-0.05, 0) is 18.1 Å². The summed E-state index contributed by atoms with van der Waals surface area (Å²) in [5, 5.41) is 0. The summed E-state index contributed by atoms with van der Waals surface area (Å²) in [5.41, 5.74) is 0.681. The molecule has 0 aliphatic carbocycles. The quantitative estimate of drug-likeness (QED) is 0.791. The summed E-state index contributed by atoms with van der Waals surface area (Å²) in [5.74, 6) is -0.0208. The molecule has 0 spiro atoms. The fourth-order valence-electron chi connectivity index (χ4n) is 2.17. The Balaban J connectivity index is 2.56. The van der Waals surface area contributed by atoms with Gasteiger partial charge >= 0.3 is 0 Å². The summed E-state index contributed by atoms with van der Waals surface area (Å²) < 4.78 is 23.6. The van der Waals surface area contributed by atoms with Crippen LogP contribution in [0.15, 0.2) is 29.2 Å². The van der Waals surface area contributed by atoms with Gasteiger partial charge in [0.2, 0.25) is 0 Å². The van der Waals surface area contributed by atoms with Crippen molar-refractivity contribution in [3.8, 4) is 0 Å². The topological polar surface area (TPSA) is 51.2 Å². The Morgan fingerprint density at radius 3 is 2.75 bits per heavy atom. The molecule has 16 heavy (non-hydrogen) atoms. The highest BCUT2D eigenvalue weighted by molar-refractivity contribution is 7.91. The molecule has 0 saturated heterocycles. The Labute approximate surface area is 95.4 Å². The molecule has 1 aromatic rings. The summed E-state index contributed by atoms with van der Waals surface area (Å²) in [6, 6.07) is 6.84. The van der Waals surface area contributed by atoms with Crippen LogP contribution in [0.3, 0.4) is 0 Å². The monoisotopic (exact) mass is 238 g/mol. The Hall–Kier alpha value is -1.16. The maximum atomic E-state index is 11.8. The average molecular weight is 238 g/mol. The molecule has 0 amide bonds. The van der Waals surface area contributed by atoms with E-state index in [0.29, 0.717) is 23.3 Å². The van der Waals surface area contributed by atoms with Gasteiger partial charge in [-0.1, -0.05) is 25.1 Å². The van der Waals surface area contributed by atoms with E-state index in [1.54, 1.807) is 24.3 Å². The highest BCUT2D eigenvalue weighted by Crippen LogP contribution is 2.34. The molecular formula is C12H14O3S. The van der Waals surface area contributed by atoms with Crippen LogP contribution in [0.25, 0.3) is 0 Å². The van der Waals surface area contributed by atoms with Crippen LogP contribution >= 0.6 is 0 Å². The summed E-state index contributed by atoms with van der Waals surface area (Å²) in [6.07, 6.45) is 0.880. The van der Waals surface area contributed by atoms with Gasteiger partial charge in [-0.25, -0.2) is 8.42 Å². The molecule has 0 N–H and O–H groups in total. The number of hydrogen-bond acceptors (Lipinski definition) is 3. The van der Waals surface area contributed by atoms with Gasteiger partial charge < -0.3 is 0 Å². The van der Waals surface area contributed by atoms with E-state index in [0.717, 1.165) is 0 Å². The Kier molecular flexibility index (Phi) is 2.84. The average Bonchev–Trinajstić information content (AvgIpc) is 2.28. The number of Topliss-reactive ketones (excluding diaryl/α,β-unsaturated/α-hetero) is 1. The zero-order valence-corrected chi connectivity index (χ0v) is 9.96. The largest absolute Gasteiger partial charge is 0.299 e. The molecule has 0 fully saturated rings. The van der Waals surface area contributed by atoms with Crippen molar-refractivity contribution in [1.29, 1.82) is 0 Å². The highest BCUT2D eigenvalue weighted by Gasteiger charge is 2.32. The first-order valence-electron chi connectivity index (χ1n) is 5.40. The van der Waals surface area contributed by atoms with Crippen molar-refractivity contribution >= 4 is 15.6 Å². The maximum absolute atomic E-state index is 11.8. The molecular weight excluding hydrogens is 224 g/mol. The second-order valence-corrected chi connectivity index (χ2v) is 6.10. The lowest BCUT2D eigenvalue weighted by molar-refractivity contribution is -0.120. The number of fused-ring (bicyclic) bond motifs is 1. The fourth-order valence-corrected chi connectivity index (χ4v) is 3.79. The molecule has 1 aliphatic heterocycles. The van der Waals surface area contributed by atoms with E-state index in [2.05, 4.69) is 0 Å². The number of carbonyl (C=O) groups excluding carboxylic acids is 1. The van der Waals surface area contributed by atoms with Crippen LogP contribution in [0.5, 0.6) is 0 Å². The standard InChI is InChI=1S/C12H14O3S/c1-2-11(13)9-7-8-16(14,15)12-6-4-3-5-10(9)12/h3-6,9H,2,7-8H2,1H3. The first-order valence-corrected chi connectivity index (χ1v) is 7.06. The van der Waals surface area contributed by atoms with E-state index in [1.165, 1.54) is 0 Å². The molecule has 1 heterocycles. The molecule has 1 aliphatic rings. The zero-order chi connectivity index (χ0) is 11.8. The Morgan fingerprint density at radius 1 is 1.38 bits per heavy atom. The summed E-state index contributed by atoms with van der Waals surface area (Å²) >= 11 is 0. The SMILES string of the molecule is CCC(=O)C1CCS(=O)(=O)c2ccccc21. The minimum absolute atomic E-state index is 0.0837. The van der Waals surface area contributed by atoms with Gasteiger partial charge in [-0.15, -0.1) is 0 Å². The van der Waals surface area contributed by atoms with E-state index in [9.17, 15) is 13.2 Å². The summed E-state index contributed by atoms with van der Waals surface area (Å²) in [4.78, 5) is 12.1. The fraction of sp³-hybridized carbons (Fsp3) is 0.417. The molecule has 1 unspecified atom stereocenters. The molecule has 4 heteroatoms. The minimum Gasteiger partial charge on any atom is -0.299 e. The van der Waals surface area contributed by atoms with Gasteiger partial charge in [-0.3, -0.25) is 4.79 Å². The lowest BCUT2D eigenvalue weighted by Crippen LogP contribution is -2.24. The zero-order valence-electron chi connectivity index (χ0n) is 9.14. The predicted molar refractivity (Wildman–Crippen MR) is 61.2 cm³/mol. The highest BCUT2D eigenvalue weighted by atomic mass is 32.2. The number of benzene rings is 1. The van der Waals surface area contributed by atoms with Gasteiger partial charge in [0.05, 0.1) is 10.6 Å². The Bertz CT molecular complexity index is 517. The maximum Gasteiger partial charge on any atom is 0.178 e. The first-order chi connectivity index (χ1) is 7.56. The normalized spacial score (nSPS) is 22.4. The van der Waals surface area contributed by atoms with Crippen molar-refractivity contribution < 1.29 is 13.2 Å². The number of rotatable bonds is 2. The van der Waals surface area contributed by atoms with Crippen LogP contribution in [-0.4, -0.2) is 20.0 Å². The predicted octanol–water partition coefficient (Wildman–Crippen LogP) is 1.93. The van der Waals surface area contributed by atoms with E-state index in [1.807, 2.05) is 6.92 Å². The van der Waals surface area contributed by atoms with Crippen molar-refractivity contribution in [3.63, 3.8) is 0 Å². The minimum atomic E-state index is -3.17. The second kappa shape index (κ2) is 4.01. The second-order valence-electron chi connectivity index (χ2n) is 4.02. The third-order valence-corrected chi connectivity index (χ3v) is 4.86. The van der Waals surface area contributed by atoms with E-state index >= 15 is 0 Å². The van der Waals surface area contributed by atoms with Crippen molar-refractivity contribution in [2.24, 2.45) is 0 Å². The van der Waals surface area contributed by atoms with Crippen LogP contribution in [0.1, 0.15) is 31.2 Å². The Morgan fingerprint density at radius 2 is 2.06 bits per heavy atom. The van der Waals surface area contributed by atoms with E-state index in [-0.39, 0.29) is 17.5 Å². The van der Waals surface area contributed by atoms with Gasteiger partial charge in [0.25, 0.3) is 0 Å². The van der Waals surface area contributed by atoms with Crippen LogP contribution in [0, 0.1) is 0 Å². The van der Waals surface area contributed by atoms with Crippen molar-refractivity contribution in [2.75, 3.05) is 5.75 Å². The van der Waals surface area contributed by atoms with Crippen molar-refractivity contribution in [3.05, 3.63) is 29.8 Å². The van der Waals surface area contributed by atoms with Gasteiger partial charge in [0, 0.05) is 12.3 Å². The molecule has 1 aromatic carbocycles. The number of hydrogen-bond donors (Lipinski definition) is 0. The molecule has 2 rings (SSSR count). The van der Waals surface area contributed by atoms with Crippen LogP contribution < -0.4 is 0 Å². The molecule has 1 atom stereocenters. The smallest absolute Gasteiger partial charge is 0.178 e. The molecule has 3 nitrogen and oxygen atoms in total. The third-order valence-electron chi connectivity index (χ3n) is 3.04. The van der Waals surface area contributed by atoms with E-state index in [4.69, 9.17) is 0 Å². The first kappa shape index (κ1) is 11.3. The lowest BCUT2D eigenvalue weighted by Gasteiger charge is -2.23. The van der Waals surface area contributed by atoms with Gasteiger partial charge in [-0.2, -0.15) is 0 Å². The number of sulfone groups is 1. The van der Waals surface area contributed by atoms with Gasteiger partial charge in [0.15, 0.2) is 9.84 Å². The molecule has 0 aromatic heterocycles.